The Morgan fingerprint density at radius 2 is 1.68 bits per heavy atom. The number of aryl methyl sites for hydroxylation is 1. The molecule has 3 aliphatic rings. The van der Waals surface area contributed by atoms with E-state index in [-0.39, 0.29) is 36.3 Å². The lowest BCUT2D eigenvalue weighted by Crippen LogP contribution is -2.49. The second-order valence-electron chi connectivity index (χ2n) is 11.8. The second-order valence-corrected chi connectivity index (χ2v) is 11.8. The maximum absolute atomic E-state index is 13.6. The van der Waals surface area contributed by atoms with Gasteiger partial charge in [-0.15, -0.1) is 0 Å². The molecule has 1 fully saturated rings. The van der Waals surface area contributed by atoms with Gasteiger partial charge in [-0.2, -0.15) is 0 Å². The molecule has 1 atom stereocenters. The van der Waals surface area contributed by atoms with Gasteiger partial charge in [0, 0.05) is 45.2 Å². The van der Waals surface area contributed by atoms with E-state index in [1.54, 1.807) is 33.5 Å². The highest BCUT2D eigenvalue weighted by molar-refractivity contribution is 5.84. The average Bonchev–Trinajstić information content (AvgIpc) is 3.42. The van der Waals surface area contributed by atoms with Crippen LogP contribution in [-0.4, -0.2) is 82.5 Å². The molecule has 0 aromatic heterocycles. The minimum Gasteiger partial charge on any atom is -0.493 e. The van der Waals surface area contributed by atoms with Crippen molar-refractivity contribution in [1.82, 2.24) is 15.1 Å². The van der Waals surface area contributed by atoms with Crippen LogP contribution in [0.1, 0.15) is 36.1 Å². The van der Waals surface area contributed by atoms with Gasteiger partial charge < -0.3 is 39.2 Å². The third kappa shape index (κ3) is 6.64. The van der Waals surface area contributed by atoms with Gasteiger partial charge in [-0.25, -0.2) is 0 Å². The number of piperazine rings is 1. The third-order valence-corrected chi connectivity index (χ3v) is 8.91. The van der Waals surface area contributed by atoms with Crippen LogP contribution in [0.2, 0.25) is 0 Å². The van der Waals surface area contributed by atoms with Crippen molar-refractivity contribution in [3.05, 3.63) is 69.4 Å². The molecule has 0 spiro atoms. The summed E-state index contributed by atoms with van der Waals surface area (Å²) >= 11 is 0. The molecule has 12 nitrogen and oxygen atoms in total. The molecule has 1 saturated heterocycles. The van der Waals surface area contributed by atoms with Crippen molar-refractivity contribution >= 4 is 17.5 Å². The van der Waals surface area contributed by atoms with Crippen LogP contribution in [-0.2, 0) is 22.6 Å². The summed E-state index contributed by atoms with van der Waals surface area (Å²) in [5.41, 5.74) is 4.23. The largest absolute Gasteiger partial charge is 0.493 e. The van der Waals surface area contributed by atoms with E-state index in [1.807, 2.05) is 35.2 Å². The number of hydrogen-bond donors (Lipinski definition) is 2. The number of fused-ring (bicyclic) bond motifs is 4. The maximum Gasteiger partial charge on any atom is 0.241 e. The Morgan fingerprint density at radius 3 is 2.40 bits per heavy atom. The molecule has 1 aliphatic carbocycles. The van der Waals surface area contributed by atoms with Gasteiger partial charge in [0.05, 0.1) is 39.6 Å². The van der Waals surface area contributed by atoms with Gasteiger partial charge in [0.25, 0.3) is 0 Å². The summed E-state index contributed by atoms with van der Waals surface area (Å²) in [6.07, 6.45) is 1.16. The van der Waals surface area contributed by atoms with Crippen LogP contribution in [0, 0.1) is 0 Å². The lowest BCUT2D eigenvalue weighted by Gasteiger charge is -2.34. The van der Waals surface area contributed by atoms with E-state index in [9.17, 15) is 14.4 Å². The molecule has 2 amide bonds. The van der Waals surface area contributed by atoms with Crippen molar-refractivity contribution in [2.45, 2.75) is 32.4 Å². The Balaban J connectivity index is 1.19. The number of anilines is 1. The van der Waals surface area contributed by atoms with Crippen molar-refractivity contribution < 1.29 is 33.3 Å². The number of hydrogen-bond acceptors (Lipinski definition) is 10. The molecule has 0 unspecified atom stereocenters. The monoisotopic (exact) mass is 644 g/mol. The lowest BCUT2D eigenvalue weighted by atomic mass is 9.95. The van der Waals surface area contributed by atoms with Gasteiger partial charge >= 0.3 is 0 Å². The predicted octanol–water partition coefficient (Wildman–Crippen LogP) is 3.35. The molecule has 2 heterocycles. The molecule has 248 valence electrons. The Hall–Kier alpha value is -4.97. The first-order chi connectivity index (χ1) is 22.8. The summed E-state index contributed by atoms with van der Waals surface area (Å²) < 4.78 is 28.0. The number of carbonyl (C=O) groups excluding carboxylic acids is 2. The van der Waals surface area contributed by atoms with E-state index in [4.69, 9.17) is 23.7 Å². The molecule has 47 heavy (non-hydrogen) atoms. The molecule has 3 aromatic carbocycles. The predicted molar refractivity (Wildman–Crippen MR) is 176 cm³/mol. The molecule has 2 N–H and O–H groups in total. The number of rotatable bonds is 9. The highest BCUT2D eigenvalue weighted by Gasteiger charge is 2.30. The van der Waals surface area contributed by atoms with E-state index >= 15 is 0 Å². The number of benzene rings is 2. The summed E-state index contributed by atoms with van der Waals surface area (Å²) in [4.78, 5) is 43.2. The van der Waals surface area contributed by atoms with Gasteiger partial charge in [0.15, 0.2) is 23.0 Å². The first-order valence-electron chi connectivity index (χ1n) is 15.7. The minimum atomic E-state index is -0.417. The Morgan fingerprint density at radius 1 is 0.915 bits per heavy atom. The molecule has 3 aromatic rings. The van der Waals surface area contributed by atoms with Crippen LogP contribution in [0.4, 0.5) is 5.69 Å². The average molecular weight is 645 g/mol. The van der Waals surface area contributed by atoms with E-state index in [1.165, 1.54) is 6.92 Å². The van der Waals surface area contributed by atoms with E-state index in [2.05, 4.69) is 15.5 Å². The van der Waals surface area contributed by atoms with Crippen LogP contribution < -0.4 is 39.7 Å². The Kier molecular flexibility index (Phi) is 9.39. The van der Waals surface area contributed by atoms with Crippen LogP contribution in [0.5, 0.6) is 28.7 Å². The highest BCUT2D eigenvalue weighted by atomic mass is 16.7. The fraction of sp³-hybridized carbons (Fsp3) is 0.400. The zero-order chi connectivity index (χ0) is 33.1. The smallest absolute Gasteiger partial charge is 0.241 e. The number of methoxy groups -OCH3 is 3. The molecule has 6 rings (SSSR count). The normalized spacial score (nSPS) is 16.8. The maximum atomic E-state index is 13.6. The number of carbonyl (C=O) groups is 2. The topological polar surface area (TPSA) is 128 Å². The number of nitrogens with one attached hydrogen (secondary N) is 2. The van der Waals surface area contributed by atoms with Gasteiger partial charge in [0.1, 0.15) is 0 Å². The van der Waals surface area contributed by atoms with Crippen LogP contribution in [0.3, 0.4) is 0 Å². The molecule has 12 heteroatoms. The summed E-state index contributed by atoms with van der Waals surface area (Å²) in [7, 11) is 4.67. The van der Waals surface area contributed by atoms with E-state index in [0.29, 0.717) is 48.7 Å². The number of amides is 2. The second kappa shape index (κ2) is 13.8. The minimum absolute atomic E-state index is 0.0217. The molecular formula is C35H40N4O8. The fourth-order valence-electron chi connectivity index (χ4n) is 6.59. The molecular weight excluding hydrogens is 604 g/mol. The van der Waals surface area contributed by atoms with Gasteiger partial charge in [-0.3, -0.25) is 19.3 Å². The third-order valence-electron chi connectivity index (χ3n) is 8.91. The zero-order valence-electron chi connectivity index (χ0n) is 27.1. The van der Waals surface area contributed by atoms with Crippen LogP contribution in [0.15, 0.2) is 47.3 Å². The summed E-state index contributed by atoms with van der Waals surface area (Å²) in [6, 6.07) is 12.5. The van der Waals surface area contributed by atoms with Crippen molar-refractivity contribution in [3.8, 4) is 39.9 Å². The molecule has 0 radical (unpaired) electrons. The fourth-order valence-corrected chi connectivity index (χ4v) is 6.59. The summed E-state index contributed by atoms with van der Waals surface area (Å²) in [5.74, 6) is 2.69. The van der Waals surface area contributed by atoms with E-state index < -0.39 is 6.04 Å². The molecule has 2 aliphatic heterocycles. The summed E-state index contributed by atoms with van der Waals surface area (Å²) in [6.45, 7) is 5.09. The van der Waals surface area contributed by atoms with Crippen molar-refractivity contribution in [2.24, 2.45) is 0 Å². The van der Waals surface area contributed by atoms with E-state index in [0.717, 1.165) is 53.4 Å². The van der Waals surface area contributed by atoms with Crippen molar-refractivity contribution in [3.63, 3.8) is 0 Å². The molecule has 0 saturated carbocycles. The highest BCUT2D eigenvalue weighted by Crippen LogP contribution is 2.50. The van der Waals surface area contributed by atoms with Crippen LogP contribution >= 0.6 is 0 Å². The van der Waals surface area contributed by atoms with Gasteiger partial charge in [-0.1, -0.05) is 12.1 Å². The number of nitrogens with zero attached hydrogens (tertiary/aromatic N) is 2. The zero-order valence-corrected chi connectivity index (χ0v) is 27.1. The quantitative estimate of drug-likeness (QED) is 0.358. The Labute approximate surface area is 273 Å². The molecule has 0 bridgehead atoms. The van der Waals surface area contributed by atoms with Crippen molar-refractivity contribution in [1.29, 1.82) is 0 Å². The number of ether oxygens (including phenoxy) is 5. The standard InChI is InChI=1S/C35H40N4O8/c1-21(40)37-26-8-6-23-16-31(43-2)34(44-3)35(45-4)33(23)24-7-9-27(28(41)17-25(24)26)36-18-32(42)39-13-11-38(12-14-39)19-22-5-10-29-30(15-22)47-20-46-29/h5,7,9-10,15-17,26H,6,8,11-14,18-20H2,1-4H3,(H,36,41)(H,37,40)/t26-/m0/s1. The SMILES string of the molecule is COc1cc2c(c(OC)c1OC)-c1ccc(NCC(=O)N3CCN(Cc4ccc5c(c4)OCO5)CC3)c(=O)cc1[C@@H](NC(C)=O)CC2. The lowest BCUT2D eigenvalue weighted by molar-refractivity contribution is -0.131. The van der Waals surface area contributed by atoms with Gasteiger partial charge in [-0.05, 0) is 65.4 Å². The first-order valence-corrected chi connectivity index (χ1v) is 15.7. The first kappa shape index (κ1) is 32.0. The summed E-state index contributed by atoms with van der Waals surface area (Å²) in [5, 5.41) is 6.10. The van der Waals surface area contributed by atoms with Crippen molar-refractivity contribution in [2.75, 3.05) is 66.2 Å². The Bertz CT molecular complexity index is 1740. The van der Waals surface area contributed by atoms with Crippen LogP contribution in [0.25, 0.3) is 11.1 Å². The van der Waals surface area contributed by atoms with Gasteiger partial charge in [0.2, 0.25) is 29.8 Å².